The molecular weight excluding hydrogens is 262 g/mol. The molecule has 4 heteroatoms. The SMILES string of the molecule is Cc1ccc(/C=C/Cc2nc(-c3cccnc3)no2)cc1. The first kappa shape index (κ1) is 13.2. The van der Waals surface area contributed by atoms with Crippen LogP contribution >= 0.6 is 0 Å². The van der Waals surface area contributed by atoms with Gasteiger partial charge in [0.1, 0.15) is 0 Å². The lowest BCUT2D eigenvalue weighted by atomic mass is 10.1. The molecule has 0 N–H and O–H groups in total. The summed E-state index contributed by atoms with van der Waals surface area (Å²) in [4.78, 5) is 8.40. The Morgan fingerprint density at radius 1 is 1.14 bits per heavy atom. The summed E-state index contributed by atoms with van der Waals surface area (Å²) in [6.45, 7) is 2.08. The van der Waals surface area contributed by atoms with E-state index < -0.39 is 0 Å². The maximum Gasteiger partial charge on any atom is 0.230 e. The summed E-state index contributed by atoms with van der Waals surface area (Å²) in [7, 11) is 0. The molecule has 0 fully saturated rings. The fourth-order valence-corrected chi connectivity index (χ4v) is 1.92. The number of hydrogen-bond acceptors (Lipinski definition) is 4. The minimum Gasteiger partial charge on any atom is -0.339 e. The van der Waals surface area contributed by atoms with Crippen molar-refractivity contribution in [2.45, 2.75) is 13.3 Å². The van der Waals surface area contributed by atoms with Crippen LogP contribution in [0.15, 0.2) is 59.4 Å². The van der Waals surface area contributed by atoms with E-state index in [4.69, 9.17) is 4.52 Å². The van der Waals surface area contributed by atoms with E-state index in [0.29, 0.717) is 18.1 Å². The molecule has 0 aliphatic carbocycles. The molecule has 2 heterocycles. The predicted molar refractivity (Wildman–Crippen MR) is 81.4 cm³/mol. The molecule has 1 aromatic carbocycles. The van der Waals surface area contributed by atoms with E-state index in [1.807, 2.05) is 24.3 Å². The molecule has 2 aromatic heterocycles. The molecule has 0 bridgehead atoms. The molecule has 104 valence electrons. The summed E-state index contributed by atoms with van der Waals surface area (Å²) >= 11 is 0. The molecule has 0 spiro atoms. The summed E-state index contributed by atoms with van der Waals surface area (Å²) in [5.74, 6) is 1.17. The number of benzene rings is 1. The van der Waals surface area contributed by atoms with Gasteiger partial charge in [-0.25, -0.2) is 0 Å². The van der Waals surface area contributed by atoms with Crippen LogP contribution in [-0.4, -0.2) is 15.1 Å². The van der Waals surface area contributed by atoms with E-state index in [-0.39, 0.29) is 0 Å². The van der Waals surface area contributed by atoms with Crippen molar-refractivity contribution in [2.75, 3.05) is 0 Å². The van der Waals surface area contributed by atoms with Crippen molar-refractivity contribution < 1.29 is 4.52 Å². The lowest BCUT2D eigenvalue weighted by Gasteiger charge is -1.93. The molecule has 0 aliphatic heterocycles. The Balaban J connectivity index is 1.66. The number of pyridine rings is 1. The zero-order chi connectivity index (χ0) is 14.5. The van der Waals surface area contributed by atoms with Gasteiger partial charge in [0.25, 0.3) is 0 Å². The summed E-state index contributed by atoms with van der Waals surface area (Å²) in [5.41, 5.74) is 3.27. The Hall–Kier alpha value is -2.75. The number of nitrogens with zero attached hydrogens (tertiary/aromatic N) is 3. The van der Waals surface area contributed by atoms with Gasteiger partial charge >= 0.3 is 0 Å². The Kier molecular flexibility index (Phi) is 3.87. The van der Waals surface area contributed by atoms with Crippen LogP contribution in [0.3, 0.4) is 0 Å². The van der Waals surface area contributed by atoms with E-state index in [1.54, 1.807) is 12.4 Å². The van der Waals surface area contributed by atoms with Crippen LogP contribution in [0.1, 0.15) is 17.0 Å². The summed E-state index contributed by atoms with van der Waals surface area (Å²) in [5, 5.41) is 3.96. The Bertz CT molecular complexity index is 730. The first-order valence-corrected chi connectivity index (χ1v) is 6.77. The summed E-state index contributed by atoms with van der Waals surface area (Å²) < 4.78 is 5.24. The fraction of sp³-hybridized carbons (Fsp3) is 0.118. The number of rotatable bonds is 4. The zero-order valence-corrected chi connectivity index (χ0v) is 11.7. The number of aryl methyl sites for hydroxylation is 1. The number of aromatic nitrogens is 3. The summed E-state index contributed by atoms with van der Waals surface area (Å²) in [6.07, 6.45) is 8.12. The standard InChI is InChI=1S/C17H15N3O/c1-13-7-9-14(10-8-13)4-2-6-16-19-17(20-21-16)15-5-3-11-18-12-15/h2-5,7-12H,6H2,1H3/b4-2+. The van der Waals surface area contributed by atoms with Crippen molar-refractivity contribution in [1.82, 2.24) is 15.1 Å². The molecule has 0 saturated carbocycles. The van der Waals surface area contributed by atoms with Gasteiger partial charge in [0.05, 0.1) is 0 Å². The van der Waals surface area contributed by atoms with Gasteiger partial charge in [-0.05, 0) is 24.6 Å². The Morgan fingerprint density at radius 2 is 2.00 bits per heavy atom. The molecule has 0 aliphatic rings. The first-order valence-electron chi connectivity index (χ1n) is 6.77. The van der Waals surface area contributed by atoms with Crippen LogP contribution in [0.4, 0.5) is 0 Å². The van der Waals surface area contributed by atoms with Gasteiger partial charge in [0, 0.05) is 24.4 Å². The third-order valence-corrected chi connectivity index (χ3v) is 3.07. The van der Waals surface area contributed by atoms with Crippen LogP contribution in [0.2, 0.25) is 0 Å². The highest BCUT2D eigenvalue weighted by atomic mass is 16.5. The Morgan fingerprint density at radius 3 is 2.76 bits per heavy atom. The van der Waals surface area contributed by atoms with Crippen molar-refractivity contribution in [3.05, 3.63) is 71.9 Å². The van der Waals surface area contributed by atoms with Crippen LogP contribution in [-0.2, 0) is 6.42 Å². The molecule has 3 rings (SSSR count). The van der Waals surface area contributed by atoms with E-state index >= 15 is 0 Å². The first-order chi connectivity index (χ1) is 10.3. The van der Waals surface area contributed by atoms with Gasteiger partial charge in [-0.3, -0.25) is 4.98 Å². The quantitative estimate of drug-likeness (QED) is 0.729. The number of hydrogen-bond donors (Lipinski definition) is 0. The predicted octanol–water partition coefficient (Wildman–Crippen LogP) is 3.70. The van der Waals surface area contributed by atoms with Crippen molar-refractivity contribution >= 4 is 6.08 Å². The fourth-order valence-electron chi connectivity index (χ4n) is 1.92. The average Bonchev–Trinajstić information content (AvgIpc) is 2.99. The van der Waals surface area contributed by atoms with Crippen molar-refractivity contribution in [3.8, 4) is 11.4 Å². The topological polar surface area (TPSA) is 51.8 Å². The maximum absolute atomic E-state index is 5.24. The van der Waals surface area contributed by atoms with E-state index in [2.05, 4.69) is 46.3 Å². The molecule has 0 amide bonds. The van der Waals surface area contributed by atoms with Crippen LogP contribution < -0.4 is 0 Å². The second-order valence-electron chi connectivity index (χ2n) is 4.77. The van der Waals surface area contributed by atoms with Gasteiger partial charge in [-0.1, -0.05) is 47.1 Å². The second-order valence-corrected chi connectivity index (χ2v) is 4.77. The largest absolute Gasteiger partial charge is 0.339 e. The molecule has 0 radical (unpaired) electrons. The normalized spacial score (nSPS) is 11.1. The maximum atomic E-state index is 5.24. The molecule has 0 atom stereocenters. The highest BCUT2D eigenvalue weighted by molar-refractivity contribution is 5.52. The summed E-state index contributed by atoms with van der Waals surface area (Å²) in [6, 6.07) is 12.1. The minimum absolute atomic E-state index is 0.571. The van der Waals surface area contributed by atoms with Crippen LogP contribution in [0.5, 0.6) is 0 Å². The van der Waals surface area contributed by atoms with E-state index in [0.717, 1.165) is 11.1 Å². The van der Waals surface area contributed by atoms with Gasteiger partial charge in [0.2, 0.25) is 11.7 Å². The highest BCUT2D eigenvalue weighted by Crippen LogP contribution is 2.14. The molecular formula is C17H15N3O. The van der Waals surface area contributed by atoms with Crippen molar-refractivity contribution in [3.63, 3.8) is 0 Å². The van der Waals surface area contributed by atoms with Crippen molar-refractivity contribution in [2.24, 2.45) is 0 Å². The Labute approximate surface area is 123 Å². The lowest BCUT2D eigenvalue weighted by Crippen LogP contribution is -1.83. The molecule has 3 aromatic rings. The second kappa shape index (κ2) is 6.13. The average molecular weight is 277 g/mol. The third kappa shape index (κ3) is 3.42. The highest BCUT2D eigenvalue weighted by Gasteiger charge is 2.06. The lowest BCUT2D eigenvalue weighted by molar-refractivity contribution is 0.387. The minimum atomic E-state index is 0.571. The van der Waals surface area contributed by atoms with Gasteiger partial charge in [0.15, 0.2) is 0 Å². The molecule has 4 nitrogen and oxygen atoms in total. The van der Waals surface area contributed by atoms with E-state index in [1.165, 1.54) is 5.56 Å². The molecule has 0 saturated heterocycles. The van der Waals surface area contributed by atoms with Gasteiger partial charge in [-0.15, -0.1) is 0 Å². The smallest absolute Gasteiger partial charge is 0.230 e. The van der Waals surface area contributed by atoms with Crippen molar-refractivity contribution in [1.29, 1.82) is 0 Å². The third-order valence-electron chi connectivity index (χ3n) is 3.07. The zero-order valence-electron chi connectivity index (χ0n) is 11.7. The molecule has 21 heavy (non-hydrogen) atoms. The van der Waals surface area contributed by atoms with E-state index in [9.17, 15) is 0 Å². The van der Waals surface area contributed by atoms with Crippen LogP contribution in [0.25, 0.3) is 17.5 Å². The van der Waals surface area contributed by atoms with Gasteiger partial charge in [-0.2, -0.15) is 4.98 Å². The molecule has 0 unspecified atom stereocenters. The van der Waals surface area contributed by atoms with Crippen LogP contribution in [0, 0.1) is 6.92 Å². The number of allylic oxidation sites excluding steroid dienone is 1. The monoisotopic (exact) mass is 277 g/mol. The van der Waals surface area contributed by atoms with Gasteiger partial charge < -0.3 is 4.52 Å².